The lowest BCUT2D eigenvalue weighted by Crippen LogP contribution is -2.51. The van der Waals surface area contributed by atoms with Crippen molar-refractivity contribution >= 4 is 5.97 Å². The SMILES string of the molecule is CCCCCCCC(=O)O[C@H]1CC[C@@]2(C)C(=CC[C@H]3[C@@H]4CC[C@H](C(C)CCCC(C)C)[C@@]4(C)CC[C@@H]32)C1. The van der Waals surface area contributed by atoms with E-state index in [2.05, 4.69) is 47.6 Å². The molecule has 0 aromatic rings. The second kappa shape index (κ2) is 12.6. The number of rotatable bonds is 12. The maximum atomic E-state index is 12.5. The molecule has 2 nitrogen and oxygen atoms in total. The van der Waals surface area contributed by atoms with Gasteiger partial charge in [-0.05, 0) is 97.7 Å². The number of unbranched alkanes of at least 4 members (excludes halogenated alkanes) is 4. The van der Waals surface area contributed by atoms with Gasteiger partial charge >= 0.3 is 5.97 Å². The molecule has 0 spiro atoms. The Balaban J connectivity index is 1.34. The minimum Gasteiger partial charge on any atom is -0.462 e. The number of carbonyl (C=O) groups is 1. The molecule has 2 heteroatoms. The van der Waals surface area contributed by atoms with Gasteiger partial charge in [0.1, 0.15) is 6.10 Å². The highest BCUT2D eigenvalue weighted by molar-refractivity contribution is 5.69. The molecule has 0 N–H and O–H groups in total. The van der Waals surface area contributed by atoms with Crippen molar-refractivity contribution in [3.05, 3.63) is 11.6 Å². The van der Waals surface area contributed by atoms with E-state index < -0.39 is 0 Å². The smallest absolute Gasteiger partial charge is 0.306 e. The summed E-state index contributed by atoms with van der Waals surface area (Å²) in [4.78, 5) is 12.5. The first-order chi connectivity index (χ1) is 17.7. The van der Waals surface area contributed by atoms with Crippen LogP contribution in [0.25, 0.3) is 0 Å². The monoisotopic (exact) mass is 512 g/mol. The van der Waals surface area contributed by atoms with Crippen LogP contribution in [0.4, 0.5) is 0 Å². The van der Waals surface area contributed by atoms with E-state index in [-0.39, 0.29) is 12.1 Å². The summed E-state index contributed by atoms with van der Waals surface area (Å²) in [7, 11) is 0. The Morgan fingerprint density at radius 1 is 0.946 bits per heavy atom. The molecule has 0 bridgehead atoms. The summed E-state index contributed by atoms with van der Waals surface area (Å²) in [6.45, 7) is 14.9. The summed E-state index contributed by atoms with van der Waals surface area (Å²) in [5.74, 6) is 5.34. The Kier molecular flexibility index (Phi) is 9.94. The average Bonchev–Trinajstić information content (AvgIpc) is 3.21. The van der Waals surface area contributed by atoms with Crippen molar-refractivity contribution in [3.8, 4) is 0 Å². The van der Waals surface area contributed by atoms with Crippen LogP contribution in [-0.2, 0) is 9.53 Å². The third-order valence-electron chi connectivity index (χ3n) is 12.0. The zero-order chi connectivity index (χ0) is 26.6. The van der Waals surface area contributed by atoms with Gasteiger partial charge in [-0.2, -0.15) is 0 Å². The van der Waals surface area contributed by atoms with Gasteiger partial charge < -0.3 is 4.74 Å². The molecule has 212 valence electrons. The fraction of sp³-hybridized carbons (Fsp3) is 0.914. The number of carbonyl (C=O) groups excluding carboxylic acids is 1. The minimum absolute atomic E-state index is 0.0485. The van der Waals surface area contributed by atoms with E-state index in [0.717, 1.165) is 61.2 Å². The van der Waals surface area contributed by atoms with Crippen LogP contribution in [0, 0.1) is 46.3 Å². The fourth-order valence-electron chi connectivity index (χ4n) is 9.87. The van der Waals surface area contributed by atoms with Crippen molar-refractivity contribution in [3.63, 3.8) is 0 Å². The van der Waals surface area contributed by atoms with E-state index in [9.17, 15) is 4.79 Å². The Hall–Kier alpha value is -0.790. The minimum atomic E-state index is 0.0485. The van der Waals surface area contributed by atoms with Crippen LogP contribution in [0.5, 0.6) is 0 Å². The Labute approximate surface area is 230 Å². The lowest BCUT2D eigenvalue weighted by molar-refractivity contribution is -0.151. The van der Waals surface area contributed by atoms with Crippen LogP contribution in [0.15, 0.2) is 11.6 Å². The molecule has 0 aromatic carbocycles. The van der Waals surface area contributed by atoms with Gasteiger partial charge in [0, 0.05) is 12.8 Å². The summed E-state index contributed by atoms with van der Waals surface area (Å²) >= 11 is 0. The van der Waals surface area contributed by atoms with Gasteiger partial charge in [0.2, 0.25) is 0 Å². The number of fused-ring (bicyclic) bond motifs is 5. The van der Waals surface area contributed by atoms with Crippen LogP contribution in [0.3, 0.4) is 0 Å². The molecule has 3 fully saturated rings. The second-order valence-corrected chi connectivity index (χ2v) is 14.8. The van der Waals surface area contributed by atoms with Crippen LogP contribution < -0.4 is 0 Å². The van der Waals surface area contributed by atoms with E-state index in [0.29, 0.717) is 17.3 Å². The summed E-state index contributed by atoms with van der Waals surface area (Å²) in [6.07, 6.45) is 23.9. The van der Waals surface area contributed by atoms with Crippen LogP contribution >= 0.6 is 0 Å². The molecule has 0 radical (unpaired) electrons. The largest absolute Gasteiger partial charge is 0.462 e. The van der Waals surface area contributed by atoms with Crippen LogP contribution in [-0.4, -0.2) is 12.1 Å². The van der Waals surface area contributed by atoms with E-state index in [1.165, 1.54) is 77.0 Å². The molecule has 4 aliphatic carbocycles. The molecule has 0 amide bonds. The first-order valence-electron chi connectivity index (χ1n) is 16.6. The van der Waals surface area contributed by atoms with Gasteiger partial charge in [0.25, 0.3) is 0 Å². The molecule has 1 unspecified atom stereocenters. The number of ether oxygens (including phenoxy) is 1. The number of esters is 1. The Morgan fingerprint density at radius 2 is 1.73 bits per heavy atom. The average molecular weight is 513 g/mol. The first kappa shape index (κ1) is 29.2. The van der Waals surface area contributed by atoms with E-state index in [4.69, 9.17) is 4.74 Å². The molecule has 0 saturated heterocycles. The fourth-order valence-corrected chi connectivity index (χ4v) is 9.87. The van der Waals surface area contributed by atoms with E-state index >= 15 is 0 Å². The normalized spacial score (nSPS) is 37.9. The van der Waals surface area contributed by atoms with Gasteiger partial charge in [0.05, 0.1) is 0 Å². The number of hydrogen-bond donors (Lipinski definition) is 0. The third-order valence-corrected chi connectivity index (χ3v) is 12.0. The molecular formula is C35H60O2. The molecule has 4 aliphatic rings. The van der Waals surface area contributed by atoms with E-state index in [1.54, 1.807) is 5.57 Å². The van der Waals surface area contributed by atoms with Crippen molar-refractivity contribution in [1.29, 1.82) is 0 Å². The van der Waals surface area contributed by atoms with Crippen molar-refractivity contribution in [2.45, 2.75) is 157 Å². The number of allylic oxidation sites excluding steroid dienone is 1. The highest BCUT2D eigenvalue weighted by atomic mass is 16.5. The van der Waals surface area contributed by atoms with Crippen molar-refractivity contribution in [2.75, 3.05) is 0 Å². The quantitative estimate of drug-likeness (QED) is 0.148. The molecular weight excluding hydrogens is 452 g/mol. The maximum Gasteiger partial charge on any atom is 0.306 e. The summed E-state index contributed by atoms with van der Waals surface area (Å²) in [5.41, 5.74) is 2.54. The molecule has 4 rings (SSSR count). The summed E-state index contributed by atoms with van der Waals surface area (Å²) in [6, 6.07) is 0. The molecule has 8 atom stereocenters. The second-order valence-electron chi connectivity index (χ2n) is 14.8. The summed E-state index contributed by atoms with van der Waals surface area (Å²) < 4.78 is 6.02. The standard InChI is InChI=1S/C35H60O2/c1-7-8-9-10-11-15-33(36)37-28-20-22-34(5)27(24-28)16-17-29-31-19-18-30(26(4)14-12-13-25(2)3)35(31,6)23-21-32(29)34/h16,25-26,28-32H,7-15,17-24H2,1-6H3/t26?,28-,29-,30+,31-,32-,34-,35+/m0/s1. The molecule has 0 aromatic heterocycles. The number of hydrogen-bond acceptors (Lipinski definition) is 2. The van der Waals surface area contributed by atoms with Gasteiger partial charge in [-0.15, -0.1) is 0 Å². The van der Waals surface area contributed by atoms with Crippen LogP contribution in [0.1, 0.15) is 151 Å². The Bertz CT molecular complexity index is 782. The van der Waals surface area contributed by atoms with Gasteiger partial charge in [-0.3, -0.25) is 4.79 Å². The van der Waals surface area contributed by atoms with E-state index in [1.807, 2.05) is 0 Å². The molecule has 0 aliphatic heterocycles. The predicted octanol–water partition coefficient (Wildman–Crippen LogP) is 10.3. The van der Waals surface area contributed by atoms with Gasteiger partial charge in [-0.1, -0.05) is 98.1 Å². The zero-order valence-corrected chi connectivity index (χ0v) is 25.5. The molecule has 0 heterocycles. The lowest BCUT2D eigenvalue weighted by atomic mass is 9.47. The highest BCUT2D eigenvalue weighted by Crippen LogP contribution is 2.67. The first-order valence-corrected chi connectivity index (χ1v) is 16.6. The molecule has 37 heavy (non-hydrogen) atoms. The molecule has 3 saturated carbocycles. The highest BCUT2D eigenvalue weighted by Gasteiger charge is 2.59. The van der Waals surface area contributed by atoms with Crippen molar-refractivity contribution < 1.29 is 9.53 Å². The zero-order valence-electron chi connectivity index (χ0n) is 25.5. The Morgan fingerprint density at radius 3 is 2.49 bits per heavy atom. The predicted molar refractivity (Wildman–Crippen MR) is 156 cm³/mol. The van der Waals surface area contributed by atoms with Crippen molar-refractivity contribution in [2.24, 2.45) is 46.3 Å². The summed E-state index contributed by atoms with van der Waals surface area (Å²) in [5, 5.41) is 0. The van der Waals surface area contributed by atoms with Gasteiger partial charge in [0.15, 0.2) is 0 Å². The van der Waals surface area contributed by atoms with Crippen LogP contribution in [0.2, 0.25) is 0 Å². The third kappa shape index (κ3) is 6.35. The van der Waals surface area contributed by atoms with Gasteiger partial charge in [-0.25, -0.2) is 0 Å². The lowest BCUT2D eigenvalue weighted by Gasteiger charge is -2.58. The maximum absolute atomic E-state index is 12.5. The topological polar surface area (TPSA) is 26.3 Å². The van der Waals surface area contributed by atoms with Crippen molar-refractivity contribution in [1.82, 2.24) is 0 Å².